The van der Waals surface area contributed by atoms with Gasteiger partial charge in [-0.05, 0) is 0 Å². The Kier molecular flexibility index (Phi) is 4.35. The van der Waals surface area contributed by atoms with Crippen molar-refractivity contribution < 1.29 is 19.8 Å². The number of hydrogen-bond donors (Lipinski definition) is 2. The van der Waals surface area contributed by atoms with E-state index in [2.05, 4.69) is 5.16 Å². The summed E-state index contributed by atoms with van der Waals surface area (Å²) in [6.07, 6.45) is 0. The van der Waals surface area contributed by atoms with Crippen LogP contribution in [0.15, 0.2) is 65.8 Å². The van der Waals surface area contributed by atoms with Crippen LogP contribution >= 0.6 is 0 Å². The molecule has 0 radical (unpaired) electrons. The van der Waals surface area contributed by atoms with Gasteiger partial charge < -0.3 is 15.1 Å². The third-order valence-corrected chi connectivity index (χ3v) is 3.16. The summed E-state index contributed by atoms with van der Waals surface area (Å²) in [5.74, 6) is -0.926. The van der Waals surface area contributed by atoms with Gasteiger partial charge >= 0.3 is 5.97 Å². The van der Waals surface area contributed by atoms with Crippen molar-refractivity contribution in [3.63, 3.8) is 0 Å². The molecule has 108 valence electrons. The van der Waals surface area contributed by atoms with E-state index in [0.717, 1.165) is 7.11 Å². The van der Waals surface area contributed by atoms with E-state index in [1.165, 1.54) is 0 Å². The molecule has 5 nitrogen and oxygen atoms in total. The van der Waals surface area contributed by atoms with Gasteiger partial charge in [0.05, 0.1) is 7.11 Å². The summed E-state index contributed by atoms with van der Waals surface area (Å²) >= 11 is 0. The number of aliphatic hydroxyl groups is 1. The van der Waals surface area contributed by atoms with E-state index < -0.39 is 11.6 Å². The Morgan fingerprint density at radius 3 is 2.05 bits per heavy atom. The molecular formula is C16H15NO4. The summed E-state index contributed by atoms with van der Waals surface area (Å²) in [6.45, 7) is 0. The van der Waals surface area contributed by atoms with Gasteiger partial charge in [-0.2, -0.15) is 0 Å². The van der Waals surface area contributed by atoms with Crippen molar-refractivity contribution in [3.05, 3.63) is 71.8 Å². The molecule has 0 fully saturated rings. The second-order valence-corrected chi connectivity index (χ2v) is 4.38. The highest BCUT2D eigenvalue weighted by molar-refractivity contribution is 6.18. The third-order valence-electron chi connectivity index (χ3n) is 3.16. The van der Waals surface area contributed by atoms with Gasteiger partial charge in [0, 0.05) is 11.1 Å². The van der Waals surface area contributed by atoms with Crippen LogP contribution in [0.25, 0.3) is 0 Å². The molecule has 2 N–H and O–H groups in total. The Labute approximate surface area is 122 Å². The molecule has 0 amide bonds. The number of benzene rings is 2. The Balaban J connectivity index is 2.63. The Morgan fingerprint density at radius 1 is 1.05 bits per heavy atom. The van der Waals surface area contributed by atoms with Gasteiger partial charge in [-0.25, -0.2) is 4.79 Å². The lowest BCUT2D eigenvalue weighted by molar-refractivity contribution is -0.156. The van der Waals surface area contributed by atoms with Crippen LogP contribution in [-0.2, 0) is 15.1 Å². The van der Waals surface area contributed by atoms with Gasteiger partial charge in [0.1, 0.15) is 5.71 Å². The lowest BCUT2D eigenvalue weighted by Gasteiger charge is -2.26. The van der Waals surface area contributed by atoms with Crippen molar-refractivity contribution >= 4 is 11.7 Å². The van der Waals surface area contributed by atoms with Crippen molar-refractivity contribution in [2.45, 2.75) is 5.60 Å². The van der Waals surface area contributed by atoms with Crippen molar-refractivity contribution in [2.75, 3.05) is 7.11 Å². The summed E-state index contributed by atoms with van der Waals surface area (Å²) in [5, 5.41) is 23.4. The van der Waals surface area contributed by atoms with Gasteiger partial charge in [-0.15, -0.1) is 0 Å². The normalized spacial score (nSPS) is 14.3. The molecule has 0 aromatic heterocycles. The summed E-state index contributed by atoms with van der Waals surface area (Å²) in [7, 11) is 1.16. The van der Waals surface area contributed by atoms with Gasteiger partial charge in [-0.3, -0.25) is 0 Å². The number of oxime groups is 1. The predicted molar refractivity (Wildman–Crippen MR) is 77.1 cm³/mol. The Bertz CT molecular complexity index is 640. The Morgan fingerprint density at radius 2 is 1.57 bits per heavy atom. The summed E-state index contributed by atoms with van der Waals surface area (Å²) < 4.78 is 4.69. The zero-order chi connectivity index (χ0) is 15.3. The zero-order valence-electron chi connectivity index (χ0n) is 11.4. The van der Waals surface area contributed by atoms with Crippen LogP contribution in [0.4, 0.5) is 0 Å². The first-order chi connectivity index (χ1) is 10.1. The zero-order valence-corrected chi connectivity index (χ0v) is 11.4. The van der Waals surface area contributed by atoms with Crippen LogP contribution in [-0.4, -0.2) is 29.1 Å². The number of methoxy groups -OCH3 is 1. The molecule has 2 aromatic carbocycles. The molecule has 0 aliphatic heterocycles. The number of nitrogens with zero attached hydrogens (tertiary/aromatic N) is 1. The molecule has 0 heterocycles. The maximum absolute atomic E-state index is 12.1. The van der Waals surface area contributed by atoms with Crippen molar-refractivity contribution in [3.8, 4) is 0 Å². The summed E-state index contributed by atoms with van der Waals surface area (Å²) in [6, 6.07) is 16.7. The molecule has 0 spiro atoms. The number of carbonyl (C=O) groups is 1. The molecule has 0 aliphatic rings. The van der Waals surface area contributed by atoms with Gasteiger partial charge in [-0.1, -0.05) is 65.8 Å². The van der Waals surface area contributed by atoms with Crippen LogP contribution in [0, 0.1) is 0 Å². The van der Waals surface area contributed by atoms with E-state index in [0.29, 0.717) is 5.56 Å². The fourth-order valence-electron chi connectivity index (χ4n) is 2.11. The molecular weight excluding hydrogens is 270 g/mol. The highest BCUT2D eigenvalue weighted by Crippen LogP contribution is 2.28. The van der Waals surface area contributed by atoms with Crippen molar-refractivity contribution in [2.24, 2.45) is 5.16 Å². The molecule has 0 aliphatic carbocycles. The third kappa shape index (κ3) is 2.64. The number of hydrogen-bond acceptors (Lipinski definition) is 5. The standard InChI is InChI=1S/C16H15NO4/c1-21-15(18)16(19,13-10-6-3-7-11-13)14(17-20)12-8-4-2-5-9-12/h2-11,19-20H,1H3/b17-14+. The first-order valence-electron chi connectivity index (χ1n) is 6.29. The van der Waals surface area contributed by atoms with Crippen LogP contribution in [0.1, 0.15) is 11.1 Å². The van der Waals surface area contributed by atoms with Gasteiger partial charge in [0.25, 0.3) is 0 Å². The van der Waals surface area contributed by atoms with E-state index in [9.17, 15) is 15.1 Å². The van der Waals surface area contributed by atoms with Crippen molar-refractivity contribution in [1.82, 2.24) is 0 Å². The first-order valence-corrected chi connectivity index (χ1v) is 6.29. The largest absolute Gasteiger partial charge is 0.466 e. The van der Waals surface area contributed by atoms with Crippen LogP contribution in [0.2, 0.25) is 0 Å². The number of ether oxygens (including phenoxy) is 1. The molecule has 0 bridgehead atoms. The number of rotatable bonds is 4. The van der Waals surface area contributed by atoms with E-state index >= 15 is 0 Å². The molecule has 21 heavy (non-hydrogen) atoms. The fourth-order valence-corrected chi connectivity index (χ4v) is 2.11. The maximum Gasteiger partial charge on any atom is 0.349 e. The average Bonchev–Trinajstić information content (AvgIpc) is 2.56. The summed E-state index contributed by atoms with van der Waals surface area (Å²) in [5.41, 5.74) is -1.71. The topological polar surface area (TPSA) is 79.1 Å². The highest BCUT2D eigenvalue weighted by atomic mass is 16.5. The van der Waals surface area contributed by atoms with Crippen LogP contribution in [0.5, 0.6) is 0 Å². The minimum atomic E-state index is -2.19. The number of esters is 1. The Hall–Kier alpha value is -2.66. The van der Waals surface area contributed by atoms with Crippen molar-refractivity contribution in [1.29, 1.82) is 0 Å². The molecule has 1 unspecified atom stereocenters. The first kappa shape index (κ1) is 14.7. The van der Waals surface area contributed by atoms with E-state index in [-0.39, 0.29) is 11.3 Å². The predicted octanol–water partition coefficient (Wildman–Crippen LogP) is 1.93. The van der Waals surface area contributed by atoms with Crippen LogP contribution in [0.3, 0.4) is 0 Å². The van der Waals surface area contributed by atoms with Gasteiger partial charge in [0.15, 0.2) is 0 Å². The maximum atomic E-state index is 12.1. The molecule has 2 aromatic rings. The smallest absolute Gasteiger partial charge is 0.349 e. The second kappa shape index (κ2) is 6.19. The fraction of sp³-hybridized carbons (Fsp3) is 0.125. The second-order valence-electron chi connectivity index (χ2n) is 4.38. The monoisotopic (exact) mass is 285 g/mol. The summed E-state index contributed by atoms with van der Waals surface area (Å²) in [4.78, 5) is 12.1. The number of carbonyl (C=O) groups excluding carboxylic acids is 1. The quantitative estimate of drug-likeness (QED) is 0.389. The lowest BCUT2D eigenvalue weighted by atomic mass is 9.85. The van der Waals surface area contributed by atoms with Crippen LogP contribution < -0.4 is 0 Å². The van der Waals surface area contributed by atoms with Gasteiger partial charge in [0.2, 0.25) is 5.60 Å². The minimum Gasteiger partial charge on any atom is -0.466 e. The lowest BCUT2D eigenvalue weighted by Crippen LogP contribution is -2.45. The highest BCUT2D eigenvalue weighted by Gasteiger charge is 2.45. The molecule has 2 rings (SSSR count). The molecule has 0 saturated heterocycles. The molecule has 5 heteroatoms. The average molecular weight is 285 g/mol. The SMILES string of the molecule is COC(=O)C(O)(/C(=N/O)c1ccccc1)c1ccccc1. The minimum absolute atomic E-state index is 0.193. The van der Waals surface area contributed by atoms with E-state index in [1.54, 1.807) is 60.7 Å². The molecule has 1 atom stereocenters. The van der Waals surface area contributed by atoms with E-state index in [4.69, 9.17) is 4.74 Å². The van der Waals surface area contributed by atoms with E-state index in [1.807, 2.05) is 0 Å². The molecule has 0 saturated carbocycles.